The topological polar surface area (TPSA) is 47.9 Å². The molecule has 0 aromatic rings. The van der Waals surface area contributed by atoms with Gasteiger partial charge in [-0.1, -0.05) is 13.0 Å². The minimum atomic E-state index is -0.513. The first-order valence-electron chi connectivity index (χ1n) is 4.91. The molecule has 0 unspecified atom stereocenters. The summed E-state index contributed by atoms with van der Waals surface area (Å²) in [6.07, 6.45) is 0.465. The zero-order chi connectivity index (χ0) is 10.1. The van der Waals surface area contributed by atoms with Crippen molar-refractivity contribution in [2.75, 3.05) is 13.2 Å². The molecule has 2 heterocycles. The molecule has 2 fully saturated rings. The maximum absolute atomic E-state index is 9.93. The van der Waals surface area contributed by atoms with Crippen LogP contribution in [0, 0.1) is 5.92 Å². The number of aliphatic hydroxyl groups is 1. The van der Waals surface area contributed by atoms with Gasteiger partial charge in [0.25, 0.3) is 0 Å². The maximum atomic E-state index is 9.93. The summed E-state index contributed by atoms with van der Waals surface area (Å²) >= 11 is 0. The van der Waals surface area contributed by atoms with E-state index in [2.05, 4.69) is 6.58 Å². The van der Waals surface area contributed by atoms with E-state index in [0.717, 1.165) is 0 Å². The number of rotatable bonds is 3. The summed E-state index contributed by atoms with van der Waals surface area (Å²) < 4.78 is 16.4. The molecular formula is C10H16O4. The number of hydrogen-bond donors (Lipinski definition) is 1. The van der Waals surface area contributed by atoms with Crippen molar-refractivity contribution in [3.63, 3.8) is 0 Å². The number of aliphatic hydroxyl groups excluding tert-OH is 1. The molecule has 0 radical (unpaired) electrons. The maximum Gasteiger partial charge on any atom is 0.163 e. The quantitative estimate of drug-likeness (QED) is 0.666. The van der Waals surface area contributed by atoms with Crippen molar-refractivity contribution in [3.05, 3.63) is 12.7 Å². The Bertz CT molecular complexity index is 218. The first-order chi connectivity index (χ1) is 6.74. The molecule has 0 amide bonds. The molecule has 0 aromatic carbocycles. The fourth-order valence-electron chi connectivity index (χ4n) is 1.95. The first kappa shape index (κ1) is 10.1. The third-order valence-electron chi connectivity index (χ3n) is 2.81. The van der Waals surface area contributed by atoms with E-state index in [0.29, 0.717) is 13.2 Å². The second-order valence-corrected chi connectivity index (χ2v) is 3.81. The molecule has 2 saturated heterocycles. The van der Waals surface area contributed by atoms with E-state index in [9.17, 15) is 5.11 Å². The molecule has 2 rings (SSSR count). The summed E-state index contributed by atoms with van der Waals surface area (Å²) in [6, 6.07) is 0. The molecule has 2 aliphatic rings. The monoisotopic (exact) mass is 200 g/mol. The van der Waals surface area contributed by atoms with E-state index in [1.54, 1.807) is 6.08 Å². The smallest absolute Gasteiger partial charge is 0.163 e. The Kier molecular flexibility index (Phi) is 2.88. The van der Waals surface area contributed by atoms with E-state index < -0.39 is 6.10 Å². The van der Waals surface area contributed by atoms with Gasteiger partial charge in [-0.05, 0) is 0 Å². The first-order valence-corrected chi connectivity index (χ1v) is 4.91. The van der Waals surface area contributed by atoms with Crippen LogP contribution in [0.15, 0.2) is 12.7 Å². The molecule has 4 nitrogen and oxygen atoms in total. The molecule has 2 bridgehead atoms. The van der Waals surface area contributed by atoms with Gasteiger partial charge in [0, 0.05) is 5.92 Å². The SMILES string of the molecule is C=CCO[C@H]1[C@H](O)[C@@H](C)[C@@H]2OC[C@H]1O2. The summed E-state index contributed by atoms with van der Waals surface area (Å²) in [5, 5.41) is 9.93. The summed E-state index contributed by atoms with van der Waals surface area (Å²) in [6.45, 7) is 6.41. The van der Waals surface area contributed by atoms with Crippen molar-refractivity contribution >= 4 is 0 Å². The molecule has 14 heavy (non-hydrogen) atoms. The van der Waals surface area contributed by atoms with E-state index in [-0.39, 0.29) is 24.4 Å². The molecule has 80 valence electrons. The molecule has 0 saturated carbocycles. The molecule has 4 heteroatoms. The second-order valence-electron chi connectivity index (χ2n) is 3.81. The fourth-order valence-corrected chi connectivity index (χ4v) is 1.95. The van der Waals surface area contributed by atoms with Crippen LogP contribution in [0.3, 0.4) is 0 Å². The van der Waals surface area contributed by atoms with Gasteiger partial charge in [-0.25, -0.2) is 0 Å². The third-order valence-corrected chi connectivity index (χ3v) is 2.81. The Labute approximate surface area is 83.5 Å². The zero-order valence-corrected chi connectivity index (χ0v) is 8.26. The van der Waals surface area contributed by atoms with Crippen LogP contribution in [0.2, 0.25) is 0 Å². The van der Waals surface area contributed by atoms with Gasteiger partial charge in [0.2, 0.25) is 0 Å². The van der Waals surface area contributed by atoms with Gasteiger partial charge >= 0.3 is 0 Å². The Balaban J connectivity index is 2.03. The van der Waals surface area contributed by atoms with Crippen LogP contribution in [0.25, 0.3) is 0 Å². The largest absolute Gasteiger partial charge is 0.390 e. The lowest BCUT2D eigenvalue weighted by Crippen LogP contribution is -2.50. The van der Waals surface area contributed by atoms with Crippen LogP contribution >= 0.6 is 0 Å². The molecule has 5 atom stereocenters. The van der Waals surface area contributed by atoms with Crippen LogP contribution in [0.5, 0.6) is 0 Å². The second kappa shape index (κ2) is 3.98. The van der Waals surface area contributed by atoms with Crippen LogP contribution < -0.4 is 0 Å². The Morgan fingerprint density at radius 2 is 2.43 bits per heavy atom. The molecule has 1 N–H and O–H groups in total. The molecule has 0 aliphatic carbocycles. The van der Waals surface area contributed by atoms with Crippen molar-refractivity contribution in [1.82, 2.24) is 0 Å². The Morgan fingerprint density at radius 3 is 3.14 bits per heavy atom. The van der Waals surface area contributed by atoms with Gasteiger partial charge in [-0.3, -0.25) is 0 Å². The highest BCUT2D eigenvalue weighted by Crippen LogP contribution is 2.33. The lowest BCUT2D eigenvalue weighted by atomic mass is 9.94. The van der Waals surface area contributed by atoms with Crippen molar-refractivity contribution in [2.45, 2.75) is 31.5 Å². The van der Waals surface area contributed by atoms with Crippen LogP contribution in [-0.4, -0.2) is 42.9 Å². The molecular weight excluding hydrogens is 184 g/mol. The van der Waals surface area contributed by atoms with Crippen LogP contribution in [0.1, 0.15) is 6.92 Å². The molecule has 0 aromatic heterocycles. The van der Waals surface area contributed by atoms with Gasteiger partial charge in [-0.2, -0.15) is 0 Å². The fraction of sp³-hybridized carbons (Fsp3) is 0.800. The summed E-state index contributed by atoms with van der Waals surface area (Å²) in [5.41, 5.74) is 0. The van der Waals surface area contributed by atoms with Gasteiger partial charge in [0.1, 0.15) is 12.2 Å². The van der Waals surface area contributed by atoms with Gasteiger partial charge in [-0.15, -0.1) is 6.58 Å². The Hall–Kier alpha value is -0.420. The highest BCUT2D eigenvalue weighted by Gasteiger charge is 2.48. The highest BCUT2D eigenvalue weighted by molar-refractivity contribution is 4.92. The Morgan fingerprint density at radius 1 is 1.64 bits per heavy atom. The van der Waals surface area contributed by atoms with Crippen molar-refractivity contribution < 1.29 is 19.3 Å². The average Bonchev–Trinajstić information content (AvgIpc) is 2.62. The highest BCUT2D eigenvalue weighted by atomic mass is 16.7. The number of ether oxygens (including phenoxy) is 3. The minimum Gasteiger partial charge on any atom is -0.390 e. The summed E-state index contributed by atoms with van der Waals surface area (Å²) in [7, 11) is 0. The van der Waals surface area contributed by atoms with E-state index in [1.165, 1.54) is 0 Å². The standard InChI is InChI=1S/C10H16O4/c1-3-4-12-9-7-5-13-10(14-7)6(2)8(9)11/h3,6-11H,1,4-5H2,2H3/t6-,7-,8-,9-,10-/m1/s1. The summed E-state index contributed by atoms with van der Waals surface area (Å²) in [5.74, 6) is -0.0384. The predicted molar refractivity (Wildman–Crippen MR) is 49.7 cm³/mol. The number of hydrogen-bond acceptors (Lipinski definition) is 4. The van der Waals surface area contributed by atoms with E-state index >= 15 is 0 Å². The average molecular weight is 200 g/mol. The third kappa shape index (κ3) is 1.59. The lowest BCUT2D eigenvalue weighted by molar-refractivity contribution is -0.209. The van der Waals surface area contributed by atoms with E-state index in [1.807, 2.05) is 6.92 Å². The van der Waals surface area contributed by atoms with Gasteiger partial charge < -0.3 is 19.3 Å². The van der Waals surface area contributed by atoms with Crippen molar-refractivity contribution in [3.8, 4) is 0 Å². The molecule has 0 spiro atoms. The van der Waals surface area contributed by atoms with Gasteiger partial charge in [0.05, 0.1) is 19.3 Å². The van der Waals surface area contributed by atoms with E-state index in [4.69, 9.17) is 14.2 Å². The molecule has 2 aliphatic heterocycles. The van der Waals surface area contributed by atoms with Crippen molar-refractivity contribution in [1.29, 1.82) is 0 Å². The van der Waals surface area contributed by atoms with Gasteiger partial charge in [0.15, 0.2) is 6.29 Å². The summed E-state index contributed by atoms with van der Waals surface area (Å²) in [4.78, 5) is 0. The normalized spacial score (nSPS) is 46.6. The minimum absolute atomic E-state index is 0.0384. The van der Waals surface area contributed by atoms with Crippen LogP contribution in [-0.2, 0) is 14.2 Å². The zero-order valence-electron chi connectivity index (χ0n) is 8.26. The number of fused-ring (bicyclic) bond motifs is 2. The van der Waals surface area contributed by atoms with Crippen molar-refractivity contribution in [2.24, 2.45) is 5.92 Å². The lowest BCUT2D eigenvalue weighted by Gasteiger charge is -2.36. The predicted octanol–water partition coefficient (Wildman–Crippen LogP) is 0.310. The van der Waals surface area contributed by atoms with Crippen LogP contribution in [0.4, 0.5) is 0 Å².